The molecule has 1 N–H and O–H groups in total. The molecule has 1 amide bonds. The number of amides is 1. The molecule has 32 heavy (non-hydrogen) atoms. The second-order valence-corrected chi connectivity index (χ2v) is 7.29. The van der Waals surface area contributed by atoms with Crippen molar-refractivity contribution in [2.45, 2.75) is 18.9 Å². The topological polar surface area (TPSA) is 126 Å². The normalized spacial score (nSPS) is 15.1. The standard InChI is InChI=1S/C21H21ClN2O8/c1-29-19-9-13(21(26)31-12-20(25)23-11-15-3-2-8-30-15)4-6-18(19)32-17-7-5-14(22)10-16(17)24(27)28/h4-7,9-10,15H,2-3,8,11-12H2,1H3,(H,23,25). The number of rotatable bonds is 9. The van der Waals surface area contributed by atoms with Crippen molar-refractivity contribution in [3.05, 3.63) is 57.1 Å². The number of nitrogens with zero attached hydrogens (tertiary/aromatic N) is 1. The van der Waals surface area contributed by atoms with Crippen LogP contribution in [-0.4, -0.2) is 49.8 Å². The molecule has 0 bridgehead atoms. The van der Waals surface area contributed by atoms with Crippen molar-refractivity contribution in [1.82, 2.24) is 5.32 Å². The van der Waals surface area contributed by atoms with Crippen molar-refractivity contribution < 1.29 is 33.5 Å². The largest absolute Gasteiger partial charge is 0.493 e. The minimum absolute atomic E-state index is 0.0112. The van der Waals surface area contributed by atoms with Crippen molar-refractivity contribution in [2.75, 3.05) is 26.9 Å². The van der Waals surface area contributed by atoms with Gasteiger partial charge in [-0.2, -0.15) is 0 Å². The summed E-state index contributed by atoms with van der Waals surface area (Å²) in [7, 11) is 1.35. The molecule has 1 unspecified atom stereocenters. The molecule has 0 radical (unpaired) electrons. The van der Waals surface area contributed by atoms with Gasteiger partial charge in [-0.3, -0.25) is 14.9 Å². The first-order valence-corrected chi connectivity index (χ1v) is 10.1. The Balaban J connectivity index is 1.62. The molecule has 11 heteroatoms. The first kappa shape index (κ1) is 23.3. The fourth-order valence-corrected chi connectivity index (χ4v) is 3.18. The average Bonchev–Trinajstić information content (AvgIpc) is 3.31. The molecule has 0 aliphatic carbocycles. The molecule has 0 spiro atoms. The molecule has 2 aromatic rings. The van der Waals surface area contributed by atoms with Gasteiger partial charge in [-0.05, 0) is 43.2 Å². The summed E-state index contributed by atoms with van der Waals surface area (Å²) in [6, 6.07) is 8.13. The molecule has 0 saturated carbocycles. The molecular formula is C21H21ClN2O8. The van der Waals surface area contributed by atoms with E-state index in [2.05, 4.69) is 5.32 Å². The zero-order valence-electron chi connectivity index (χ0n) is 17.2. The summed E-state index contributed by atoms with van der Waals surface area (Å²) < 4.78 is 21.3. The molecule has 1 aliphatic rings. The summed E-state index contributed by atoms with van der Waals surface area (Å²) in [4.78, 5) is 34.8. The Morgan fingerprint density at radius 3 is 2.69 bits per heavy atom. The Morgan fingerprint density at radius 1 is 1.22 bits per heavy atom. The van der Waals surface area contributed by atoms with Crippen molar-refractivity contribution in [3.63, 3.8) is 0 Å². The zero-order chi connectivity index (χ0) is 23.1. The first-order valence-electron chi connectivity index (χ1n) is 9.72. The molecule has 1 saturated heterocycles. The third-order valence-corrected chi connectivity index (χ3v) is 4.86. The summed E-state index contributed by atoms with van der Waals surface area (Å²) in [6.07, 6.45) is 1.83. The molecule has 3 rings (SSSR count). The molecule has 1 heterocycles. The van der Waals surface area contributed by atoms with Crippen LogP contribution >= 0.6 is 11.6 Å². The number of nitro groups is 1. The fourth-order valence-electron chi connectivity index (χ4n) is 3.02. The van der Waals surface area contributed by atoms with Gasteiger partial charge in [0.15, 0.2) is 18.1 Å². The number of carbonyl (C=O) groups excluding carboxylic acids is 2. The van der Waals surface area contributed by atoms with Crippen molar-refractivity contribution in [3.8, 4) is 17.2 Å². The maximum Gasteiger partial charge on any atom is 0.338 e. The van der Waals surface area contributed by atoms with E-state index in [9.17, 15) is 19.7 Å². The molecule has 2 aromatic carbocycles. The van der Waals surface area contributed by atoms with Gasteiger partial charge in [-0.25, -0.2) is 4.79 Å². The van der Waals surface area contributed by atoms with E-state index in [4.69, 9.17) is 30.5 Å². The van der Waals surface area contributed by atoms with E-state index < -0.39 is 23.4 Å². The summed E-state index contributed by atoms with van der Waals surface area (Å²) in [5.41, 5.74) is -0.205. The summed E-state index contributed by atoms with van der Waals surface area (Å²) in [6.45, 7) is 0.610. The number of carbonyl (C=O) groups is 2. The van der Waals surface area contributed by atoms with Crippen LogP contribution in [0.2, 0.25) is 5.02 Å². The van der Waals surface area contributed by atoms with Crippen LogP contribution in [0.3, 0.4) is 0 Å². The lowest BCUT2D eigenvalue weighted by Gasteiger charge is -2.13. The van der Waals surface area contributed by atoms with Crippen LogP contribution in [0.25, 0.3) is 0 Å². The number of methoxy groups -OCH3 is 1. The smallest absolute Gasteiger partial charge is 0.338 e. The Kier molecular flexibility index (Phi) is 7.85. The molecule has 10 nitrogen and oxygen atoms in total. The van der Waals surface area contributed by atoms with Gasteiger partial charge in [0, 0.05) is 24.2 Å². The number of hydrogen-bond acceptors (Lipinski definition) is 8. The third-order valence-electron chi connectivity index (χ3n) is 4.62. The molecule has 170 valence electrons. The van der Waals surface area contributed by atoms with Crippen LogP contribution in [0.5, 0.6) is 17.2 Å². The number of benzene rings is 2. The lowest BCUT2D eigenvalue weighted by molar-refractivity contribution is -0.385. The maximum absolute atomic E-state index is 12.3. The summed E-state index contributed by atoms with van der Waals surface area (Å²) in [5.74, 6) is -0.929. The molecule has 1 fully saturated rings. The van der Waals surface area contributed by atoms with Crippen LogP contribution in [-0.2, 0) is 14.3 Å². The van der Waals surface area contributed by atoms with Crippen LogP contribution in [0, 0.1) is 10.1 Å². The van der Waals surface area contributed by atoms with Crippen molar-refractivity contribution >= 4 is 29.2 Å². The minimum atomic E-state index is -0.736. The van der Waals surface area contributed by atoms with Gasteiger partial charge in [0.1, 0.15) is 0 Å². The van der Waals surface area contributed by atoms with E-state index >= 15 is 0 Å². The molecule has 1 aliphatic heterocycles. The Morgan fingerprint density at radius 2 is 2.00 bits per heavy atom. The lowest BCUT2D eigenvalue weighted by Crippen LogP contribution is -2.34. The van der Waals surface area contributed by atoms with E-state index in [1.807, 2.05) is 0 Å². The SMILES string of the molecule is COc1cc(C(=O)OCC(=O)NCC2CCCO2)ccc1Oc1ccc(Cl)cc1[N+](=O)[O-]. The van der Waals surface area contributed by atoms with Gasteiger partial charge >= 0.3 is 11.7 Å². The molecule has 1 atom stereocenters. The van der Waals surface area contributed by atoms with Crippen molar-refractivity contribution in [1.29, 1.82) is 0 Å². The second kappa shape index (κ2) is 10.8. The highest BCUT2D eigenvalue weighted by Gasteiger charge is 2.20. The predicted octanol–water partition coefficient (Wildman–Crippen LogP) is 3.50. The minimum Gasteiger partial charge on any atom is -0.493 e. The number of nitro benzene ring substituents is 1. The number of halogens is 1. The van der Waals surface area contributed by atoms with Gasteiger partial charge in [-0.15, -0.1) is 0 Å². The van der Waals surface area contributed by atoms with E-state index in [1.165, 1.54) is 43.5 Å². The summed E-state index contributed by atoms with van der Waals surface area (Å²) in [5, 5.41) is 14.1. The first-order chi connectivity index (χ1) is 15.4. The average molecular weight is 465 g/mol. The van der Waals surface area contributed by atoms with Gasteiger partial charge in [0.25, 0.3) is 5.91 Å². The van der Waals surface area contributed by atoms with E-state index in [0.29, 0.717) is 13.2 Å². The fraction of sp³-hybridized carbons (Fsp3) is 0.333. The molecule has 0 aromatic heterocycles. The van der Waals surface area contributed by atoms with Crippen LogP contribution in [0.15, 0.2) is 36.4 Å². The van der Waals surface area contributed by atoms with Gasteiger partial charge in [0.05, 0.1) is 23.7 Å². The number of nitrogens with one attached hydrogen (secondary N) is 1. The maximum atomic E-state index is 12.3. The van der Waals surface area contributed by atoms with Crippen LogP contribution in [0.1, 0.15) is 23.2 Å². The van der Waals surface area contributed by atoms with Crippen LogP contribution in [0.4, 0.5) is 5.69 Å². The Hall–Kier alpha value is -3.37. The Bertz CT molecular complexity index is 1010. The van der Waals surface area contributed by atoms with Gasteiger partial charge in [-0.1, -0.05) is 11.6 Å². The van der Waals surface area contributed by atoms with Gasteiger partial charge in [0.2, 0.25) is 5.75 Å². The van der Waals surface area contributed by atoms with Crippen molar-refractivity contribution in [2.24, 2.45) is 0 Å². The van der Waals surface area contributed by atoms with E-state index in [0.717, 1.165) is 12.8 Å². The Labute approximate surface area is 188 Å². The summed E-state index contributed by atoms with van der Waals surface area (Å²) >= 11 is 5.81. The highest BCUT2D eigenvalue weighted by Crippen LogP contribution is 2.38. The number of hydrogen-bond donors (Lipinski definition) is 1. The van der Waals surface area contributed by atoms with E-state index in [-0.39, 0.29) is 39.6 Å². The zero-order valence-corrected chi connectivity index (χ0v) is 17.9. The number of esters is 1. The van der Waals surface area contributed by atoms with Gasteiger partial charge < -0.3 is 24.3 Å². The third kappa shape index (κ3) is 6.08. The number of ether oxygens (including phenoxy) is 4. The van der Waals surface area contributed by atoms with E-state index in [1.54, 1.807) is 0 Å². The highest BCUT2D eigenvalue weighted by molar-refractivity contribution is 6.30. The lowest BCUT2D eigenvalue weighted by atomic mass is 10.2. The second-order valence-electron chi connectivity index (χ2n) is 6.85. The highest BCUT2D eigenvalue weighted by atomic mass is 35.5. The monoisotopic (exact) mass is 464 g/mol. The predicted molar refractivity (Wildman–Crippen MR) is 113 cm³/mol. The molecular weight excluding hydrogens is 444 g/mol. The van der Waals surface area contributed by atoms with Crippen LogP contribution < -0.4 is 14.8 Å². The quantitative estimate of drug-likeness (QED) is 0.339.